The van der Waals surface area contributed by atoms with Crippen LogP contribution in [-0.2, 0) is 9.59 Å². The van der Waals surface area contributed by atoms with Crippen molar-refractivity contribution in [2.75, 3.05) is 6.61 Å². The minimum absolute atomic E-state index is 0.0116. The second-order valence-corrected chi connectivity index (χ2v) is 6.49. The highest BCUT2D eigenvalue weighted by atomic mass is 16.5. The molecule has 0 unspecified atom stereocenters. The maximum atomic E-state index is 12.0. The fourth-order valence-electron chi connectivity index (χ4n) is 3.01. The van der Waals surface area contributed by atoms with Crippen molar-refractivity contribution in [2.45, 2.75) is 51.5 Å². The van der Waals surface area contributed by atoms with Crippen LogP contribution in [0.15, 0.2) is 24.3 Å². The number of benzene rings is 1. The first-order chi connectivity index (χ1) is 12.0. The molecule has 0 radical (unpaired) electrons. The van der Waals surface area contributed by atoms with Gasteiger partial charge in [0, 0.05) is 18.0 Å². The lowest BCUT2D eigenvalue weighted by atomic mass is 9.86. The van der Waals surface area contributed by atoms with Crippen LogP contribution in [0.5, 0.6) is 5.75 Å². The molecule has 2 rings (SSSR count). The molecule has 6 nitrogen and oxygen atoms in total. The van der Waals surface area contributed by atoms with Crippen LogP contribution in [0, 0.1) is 5.92 Å². The van der Waals surface area contributed by atoms with Gasteiger partial charge in [-0.15, -0.1) is 0 Å². The van der Waals surface area contributed by atoms with E-state index in [0.29, 0.717) is 43.6 Å². The van der Waals surface area contributed by atoms with Crippen molar-refractivity contribution in [3.05, 3.63) is 29.8 Å². The molecule has 136 valence electrons. The van der Waals surface area contributed by atoms with Crippen molar-refractivity contribution in [2.24, 2.45) is 5.92 Å². The highest BCUT2D eigenvalue weighted by Gasteiger charge is 2.26. The van der Waals surface area contributed by atoms with Crippen LogP contribution in [-0.4, -0.2) is 35.4 Å². The van der Waals surface area contributed by atoms with Crippen LogP contribution in [0.3, 0.4) is 0 Å². The summed E-state index contributed by atoms with van der Waals surface area (Å²) in [6.45, 7) is 1.91. The summed E-state index contributed by atoms with van der Waals surface area (Å²) in [4.78, 5) is 34.2. The zero-order valence-electron chi connectivity index (χ0n) is 14.5. The van der Waals surface area contributed by atoms with E-state index in [9.17, 15) is 14.4 Å². The molecule has 0 aromatic heterocycles. The summed E-state index contributed by atoms with van der Waals surface area (Å²) in [5, 5.41) is 11.9. The molecule has 0 spiro atoms. The van der Waals surface area contributed by atoms with Gasteiger partial charge in [-0.3, -0.25) is 14.4 Å². The van der Waals surface area contributed by atoms with Gasteiger partial charge in [-0.25, -0.2) is 0 Å². The van der Waals surface area contributed by atoms with E-state index in [1.54, 1.807) is 24.3 Å². The molecule has 2 N–H and O–H groups in total. The molecule has 1 aliphatic carbocycles. The Balaban J connectivity index is 1.63. The van der Waals surface area contributed by atoms with Crippen molar-refractivity contribution in [3.8, 4) is 5.75 Å². The Labute approximate surface area is 147 Å². The first-order valence-corrected chi connectivity index (χ1v) is 8.71. The van der Waals surface area contributed by atoms with Crippen molar-refractivity contribution in [1.29, 1.82) is 0 Å². The molecule has 0 atom stereocenters. The van der Waals surface area contributed by atoms with E-state index in [-0.39, 0.29) is 23.7 Å². The van der Waals surface area contributed by atoms with Gasteiger partial charge >= 0.3 is 5.97 Å². The number of hydrogen-bond acceptors (Lipinski definition) is 4. The SMILES string of the molecule is CC(=O)c1cccc(OCCCC(=O)NC2CCC(C(=O)O)CC2)c1. The zero-order valence-corrected chi connectivity index (χ0v) is 14.5. The Bertz CT molecular complexity index is 620. The Hall–Kier alpha value is -2.37. The number of carboxylic acids is 1. The summed E-state index contributed by atoms with van der Waals surface area (Å²) in [5.74, 6) is -0.425. The Morgan fingerprint density at radius 3 is 2.56 bits per heavy atom. The first kappa shape index (κ1) is 19.0. The number of ether oxygens (including phenoxy) is 1. The van der Waals surface area contributed by atoms with Gasteiger partial charge < -0.3 is 15.2 Å². The second-order valence-electron chi connectivity index (χ2n) is 6.49. The molecule has 1 amide bonds. The van der Waals surface area contributed by atoms with Crippen molar-refractivity contribution < 1.29 is 24.2 Å². The molecule has 1 aliphatic rings. The van der Waals surface area contributed by atoms with Crippen molar-refractivity contribution in [1.82, 2.24) is 5.32 Å². The molecule has 1 fully saturated rings. The fraction of sp³-hybridized carbons (Fsp3) is 0.526. The number of hydrogen-bond donors (Lipinski definition) is 2. The number of nitrogens with one attached hydrogen (secondary N) is 1. The average Bonchev–Trinajstić information content (AvgIpc) is 2.59. The lowest BCUT2D eigenvalue weighted by molar-refractivity contribution is -0.142. The summed E-state index contributed by atoms with van der Waals surface area (Å²) in [6, 6.07) is 7.07. The van der Waals surface area contributed by atoms with E-state index in [2.05, 4.69) is 5.32 Å². The smallest absolute Gasteiger partial charge is 0.306 e. The number of rotatable bonds is 8. The monoisotopic (exact) mass is 347 g/mol. The summed E-state index contributed by atoms with van der Waals surface area (Å²) in [5.41, 5.74) is 0.604. The van der Waals surface area contributed by atoms with Crippen molar-refractivity contribution in [3.63, 3.8) is 0 Å². The van der Waals surface area contributed by atoms with Gasteiger partial charge in [0.25, 0.3) is 0 Å². The maximum absolute atomic E-state index is 12.0. The highest BCUT2D eigenvalue weighted by Crippen LogP contribution is 2.24. The number of carboxylic acid groups (broad SMARTS) is 1. The number of carbonyl (C=O) groups is 3. The largest absolute Gasteiger partial charge is 0.494 e. The normalized spacial score (nSPS) is 19.9. The summed E-state index contributed by atoms with van der Waals surface area (Å²) in [7, 11) is 0. The van der Waals surface area contributed by atoms with E-state index in [0.717, 1.165) is 12.8 Å². The van der Waals surface area contributed by atoms with Crippen LogP contribution < -0.4 is 10.1 Å². The number of ketones is 1. The van der Waals surface area contributed by atoms with Gasteiger partial charge in [-0.2, -0.15) is 0 Å². The van der Waals surface area contributed by atoms with Gasteiger partial charge in [-0.1, -0.05) is 12.1 Å². The quantitative estimate of drug-likeness (QED) is 0.557. The van der Waals surface area contributed by atoms with Crippen molar-refractivity contribution >= 4 is 17.7 Å². The van der Waals surface area contributed by atoms with Gasteiger partial charge in [0.2, 0.25) is 5.91 Å². The molecule has 6 heteroatoms. The summed E-state index contributed by atoms with van der Waals surface area (Å²) < 4.78 is 5.58. The third-order valence-electron chi connectivity index (χ3n) is 4.50. The van der Waals surface area contributed by atoms with Crippen LogP contribution >= 0.6 is 0 Å². The number of carbonyl (C=O) groups excluding carboxylic acids is 2. The minimum Gasteiger partial charge on any atom is -0.494 e. The predicted molar refractivity (Wildman–Crippen MR) is 92.7 cm³/mol. The molecule has 0 saturated heterocycles. The number of Topliss-reactive ketones (excluding diaryl/α,β-unsaturated/α-hetero) is 1. The van der Waals surface area contributed by atoms with Gasteiger partial charge in [0.1, 0.15) is 5.75 Å². The lowest BCUT2D eigenvalue weighted by Gasteiger charge is -2.26. The first-order valence-electron chi connectivity index (χ1n) is 8.71. The van der Waals surface area contributed by atoms with Crippen LogP contribution in [0.4, 0.5) is 0 Å². The molecular formula is C19H25NO5. The lowest BCUT2D eigenvalue weighted by Crippen LogP contribution is -2.38. The van der Waals surface area contributed by atoms with E-state index >= 15 is 0 Å². The molecule has 1 saturated carbocycles. The standard InChI is InChI=1S/C19H25NO5/c1-13(21)15-4-2-5-17(12-15)25-11-3-6-18(22)20-16-9-7-14(8-10-16)19(23)24/h2,4-5,12,14,16H,3,6-11H2,1H3,(H,20,22)(H,23,24). The second kappa shape index (κ2) is 9.20. The minimum atomic E-state index is -0.740. The molecule has 25 heavy (non-hydrogen) atoms. The van der Waals surface area contributed by atoms with Gasteiger partial charge in [0.05, 0.1) is 12.5 Å². The number of aliphatic carboxylic acids is 1. The molecule has 1 aromatic rings. The third-order valence-corrected chi connectivity index (χ3v) is 4.50. The Morgan fingerprint density at radius 2 is 1.92 bits per heavy atom. The Morgan fingerprint density at radius 1 is 1.20 bits per heavy atom. The fourth-order valence-corrected chi connectivity index (χ4v) is 3.01. The van der Waals surface area contributed by atoms with E-state index in [4.69, 9.17) is 9.84 Å². The van der Waals surface area contributed by atoms with E-state index in [1.807, 2.05) is 0 Å². The van der Waals surface area contributed by atoms with E-state index in [1.165, 1.54) is 6.92 Å². The summed E-state index contributed by atoms with van der Waals surface area (Å²) >= 11 is 0. The zero-order chi connectivity index (χ0) is 18.2. The van der Waals surface area contributed by atoms with E-state index < -0.39 is 5.97 Å². The van der Waals surface area contributed by atoms with Crippen LogP contribution in [0.1, 0.15) is 55.8 Å². The average molecular weight is 347 g/mol. The number of amides is 1. The molecule has 1 aromatic carbocycles. The predicted octanol–water partition coefficient (Wildman–Crippen LogP) is 2.81. The van der Waals surface area contributed by atoms with Crippen LogP contribution in [0.2, 0.25) is 0 Å². The van der Waals surface area contributed by atoms with Gasteiger partial charge in [0.15, 0.2) is 5.78 Å². The topological polar surface area (TPSA) is 92.7 Å². The highest BCUT2D eigenvalue weighted by molar-refractivity contribution is 5.94. The van der Waals surface area contributed by atoms with Gasteiger partial charge in [-0.05, 0) is 51.2 Å². The molecular weight excluding hydrogens is 322 g/mol. The van der Waals surface area contributed by atoms with Crippen LogP contribution in [0.25, 0.3) is 0 Å². The molecule has 0 aliphatic heterocycles. The molecule has 0 heterocycles. The third kappa shape index (κ3) is 6.21. The molecule has 0 bridgehead atoms. The summed E-state index contributed by atoms with van der Waals surface area (Å²) in [6.07, 6.45) is 3.63. The Kier molecular flexibility index (Phi) is 6.98. The maximum Gasteiger partial charge on any atom is 0.306 e.